The Morgan fingerprint density at radius 1 is 1.31 bits per heavy atom. The molecule has 0 aliphatic carbocycles. The standard InChI is InChI=1S/C21H25NO3S/c1-25-19-10-9-15(12-18(19)23)13-22-11-5-6-16(14-22)21(24)17-7-3-4-8-20(17)26-2/h3-4,7-10,12,16,23H,5-6,11,13-14H2,1-2H3/t16-/m1/s1. The lowest BCUT2D eigenvalue weighted by molar-refractivity contribution is 0.0808. The number of ketones is 1. The third-order valence-electron chi connectivity index (χ3n) is 4.90. The topological polar surface area (TPSA) is 49.8 Å². The molecular formula is C21H25NO3S. The second kappa shape index (κ2) is 8.60. The molecule has 0 spiro atoms. The maximum absolute atomic E-state index is 13.0. The van der Waals surface area contributed by atoms with Crippen molar-refractivity contribution in [3.63, 3.8) is 0 Å². The zero-order chi connectivity index (χ0) is 18.5. The van der Waals surface area contributed by atoms with E-state index in [1.807, 2.05) is 36.6 Å². The maximum Gasteiger partial charge on any atom is 0.168 e. The van der Waals surface area contributed by atoms with Gasteiger partial charge < -0.3 is 9.84 Å². The Labute approximate surface area is 159 Å². The largest absolute Gasteiger partial charge is 0.504 e. The van der Waals surface area contributed by atoms with E-state index in [0.717, 1.165) is 48.5 Å². The molecule has 2 aromatic carbocycles. The fourth-order valence-electron chi connectivity index (χ4n) is 3.57. The molecule has 4 nitrogen and oxygen atoms in total. The monoisotopic (exact) mass is 371 g/mol. The van der Waals surface area contributed by atoms with Crippen LogP contribution < -0.4 is 4.74 Å². The number of hydrogen-bond donors (Lipinski definition) is 1. The number of aromatic hydroxyl groups is 1. The summed E-state index contributed by atoms with van der Waals surface area (Å²) in [4.78, 5) is 16.4. The molecule has 0 saturated carbocycles. The van der Waals surface area contributed by atoms with E-state index < -0.39 is 0 Å². The summed E-state index contributed by atoms with van der Waals surface area (Å²) >= 11 is 1.62. The van der Waals surface area contributed by atoms with Crippen LogP contribution in [-0.2, 0) is 6.54 Å². The summed E-state index contributed by atoms with van der Waals surface area (Å²) in [6.07, 6.45) is 3.96. The number of ether oxygens (including phenoxy) is 1. The lowest BCUT2D eigenvalue weighted by Crippen LogP contribution is -2.38. The second-order valence-corrected chi connectivity index (χ2v) is 7.49. The van der Waals surface area contributed by atoms with Gasteiger partial charge in [-0.2, -0.15) is 0 Å². The predicted octanol–water partition coefficient (Wildman–Crippen LogP) is 4.22. The van der Waals surface area contributed by atoms with Crippen molar-refractivity contribution in [1.82, 2.24) is 4.90 Å². The van der Waals surface area contributed by atoms with E-state index in [9.17, 15) is 9.90 Å². The van der Waals surface area contributed by atoms with E-state index in [4.69, 9.17) is 4.74 Å². The molecule has 1 N–H and O–H groups in total. The van der Waals surface area contributed by atoms with Gasteiger partial charge in [0.1, 0.15) is 0 Å². The van der Waals surface area contributed by atoms with Crippen LogP contribution in [0.5, 0.6) is 11.5 Å². The van der Waals surface area contributed by atoms with Gasteiger partial charge in [-0.1, -0.05) is 24.3 Å². The summed E-state index contributed by atoms with van der Waals surface area (Å²) < 4.78 is 5.10. The summed E-state index contributed by atoms with van der Waals surface area (Å²) in [6.45, 7) is 2.46. The molecule has 1 fully saturated rings. The molecule has 5 heteroatoms. The van der Waals surface area contributed by atoms with Crippen molar-refractivity contribution in [3.05, 3.63) is 53.6 Å². The number of piperidine rings is 1. The molecule has 0 unspecified atom stereocenters. The van der Waals surface area contributed by atoms with Crippen molar-refractivity contribution in [2.45, 2.75) is 24.3 Å². The number of thioether (sulfide) groups is 1. The Morgan fingerprint density at radius 2 is 2.12 bits per heavy atom. The van der Waals surface area contributed by atoms with Crippen molar-refractivity contribution in [2.75, 3.05) is 26.5 Å². The third-order valence-corrected chi connectivity index (χ3v) is 5.69. The van der Waals surface area contributed by atoms with Gasteiger partial charge in [0.25, 0.3) is 0 Å². The molecule has 1 aliphatic heterocycles. The summed E-state index contributed by atoms with van der Waals surface area (Å²) in [5.41, 5.74) is 1.87. The minimum Gasteiger partial charge on any atom is -0.504 e. The lowest BCUT2D eigenvalue weighted by atomic mass is 9.89. The molecule has 0 radical (unpaired) electrons. The highest BCUT2D eigenvalue weighted by Gasteiger charge is 2.27. The Kier molecular flexibility index (Phi) is 6.22. The highest BCUT2D eigenvalue weighted by molar-refractivity contribution is 7.98. The van der Waals surface area contributed by atoms with E-state index in [1.54, 1.807) is 31.0 Å². The summed E-state index contributed by atoms with van der Waals surface area (Å²) in [7, 11) is 1.54. The first-order valence-corrected chi connectivity index (χ1v) is 10.1. The van der Waals surface area contributed by atoms with Crippen molar-refractivity contribution in [3.8, 4) is 11.5 Å². The molecule has 0 bridgehead atoms. The first-order valence-electron chi connectivity index (χ1n) is 8.88. The predicted molar refractivity (Wildman–Crippen MR) is 105 cm³/mol. The summed E-state index contributed by atoms with van der Waals surface area (Å²) in [5, 5.41) is 9.97. The fraction of sp³-hybridized carbons (Fsp3) is 0.381. The number of hydrogen-bond acceptors (Lipinski definition) is 5. The number of phenolic OH excluding ortho intramolecular Hbond substituents is 1. The Balaban J connectivity index is 1.69. The van der Waals surface area contributed by atoms with Crippen LogP contribution >= 0.6 is 11.8 Å². The molecule has 1 heterocycles. The van der Waals surface area contributed by atoms with Crippen LogP contribution in [0.2, 0.25) is 0 Å². The van der Waals surface area contributed by atoms with Crippen LogP contribution in [0.25, 0.3) is 0 Å². The molecule has 1 aliphatic rings. The number of nitrogens with zero attached hydrogens (tertiary/aromatic N) is 1. The maximum atomic E-state index is 13.0. The smallest absolute Gasteiger partial charge is 0.168 e. The number of carbonyl (C=O) groups is 1. The van der Waals surface area contributed by atoms with Gasteiger partial charge in [0, 0.05) is 29.5 Å². The Hall–Kier alpha value is -1.98. The first kappa shape index (κ1) is 18.8. The van der Waals surface area contributed by atoms with Crippen LogP contribution in [0.1, 0.15) is 28.8 Å². The number of benzene rings is 2. The molecule has 0 aromatic heterocycles. The molecule has 3 rings (SSSR count). The zero-order valence-electron chi connectivity index (χ0n) is 15.3. The van der Waals surface area contributed by atoms with Gasteiger partial charge in [0.05, 0.1) is 7.11 Å². The van der Waals surface area contributed by atoms with Crippen molar-refractivity contribution in [2.24, 2.45) is 5.92 Å². The van der Waals surface area contributed by atoms with Crippen molar-refractivity contribution >= 4 is 17.5 Å². The molecule has 26 heavy (non-hydrogen) atoms. The average molecular weight is 372 g/mol. The van der Waals surface area contributed by atoms with E-state index in [-0.39, 0.29) is 17.5 Å². The third kappa shape index (κ3) is 4.22. The van der Waals surface area contributed by atoms with Crippen LogP contribution in [0, 0.1) is 5.92 Å². The van der Waals surface area contributed by atoms with Crippen LogP contribution in [-0.4, -0.2) is 42.2 Å². The molecule has 1 atom stereocenters. The van der Waals surface area contributed by atoms with Crippen LogP contribution in [0.3, 0.4) is 0 Å². The van der Waals surface area contributed by atoms with Gasteiger partial charge in [-0.25, -0.2) is 0 Å². The van der Waals surface area contributed by atoms with Gasteiger partial charge in [0.15, 0.2) is 17.3 Å². The number of rotatable bonds is 6. The van der Waals surface area contributed by atoms with Gasteiger partial charge in [-0.3, -0.25) is 9.69 Å². The molecule has 1 saturated heterocycles. The molecule has 0 amide bonds. The minimum atomic E-state index is 0.0314. The van der Waals surface area contributed by atoms with E-state index in [2.05, 4.69) is 4.90 Å². The minimum absolute atomic E-state index is 0.0314. The van der Waals surface area contributed by atoms with E-state index in [0.29, 0.717) is 5.75 Å². The summed E-state index contributed by atoms with van der Waals surface area (Å²) in [5.74, 6) is 0.916. The van der Waals surface area contributed by atoms with Gasteiger partial charge in [0.2, 0.25) is 0 Å². The zero-order valence-corrected chi connectivity index (χ0v) is 16.1. The number of methoxy groups -OCH3 is 1. The highest BCUT2D eigenvalue weighted by Crippen LogP contribution is 2.29. The van der Waals surface area contributed by atoms with Crippen molar-refractivity contribution < 1.29 is 14.6 Å². The summed E-state index contributed by atoms with van der Waals surface area (Å²) in [6, 6.07) is 13.4. The fourth-order valence-corrected chi connectivity index (χ4v) is 4.18. The number of phenols is 1. The van der Waals surface area contributed by atoms with E-state index in [1.165, 1.54) is 0 Å². The second-order valence-electron chi connectivity index (χ2n) is 6.65. The van der Waals surface area contributed by atoms with Crippen molar-refractivity contribution in [1.29, 1.82) is 0 Å². The van der Waals surface area contributed by atoms with Gasteiger partial charge in [-0.05, 0) is 49.4 Å². The van der Waals surface area contributed by atoms with Crippen LogP contribution in [0.15, 0.2) is 47.4 Å². The van der Waals surface area contributed by atoms with Gasteiger partial charge in [-0.15, -0.1) is 11.8 Å². The highest BCUT2D eigenvalue weighted by atomic mass is 32.2. The average Bonchev–Trinajstić information content (AvgIpc) is 2.68. The van der Waals surface area contributed by atoms with E-state index >= 15 is 0 Å². The van der Waals surface area contributed by atoms with Crippen LogP contribution in [0.4, 0.5) is 0 Å². The van der Waals surface area contributed by atoms with Gasteiger partial charge >= 0.3 is 0 Å². The molecule has 2 aromatic rings. The molecule has 138 valence electrons. The molecular weight excluding hydrogens is 346 g/mol. The number of Topliss-reactive ketones (excluding diaryl/α,β-unsaturated/α-hetero) is 1. The quantitative estimate of drug-likeness (QED) is 0.609. The SMILES string of the molecule is COc1ccc(CN2CCC[C@@H](C(=O)c3ccccc3SC)C2)cc1O. The number of likely N-dealkylation sites (tertiary alicyclic amines) is 1. The Bertz CT molecular complexity index is 778. The number of carbonyl (C=O) groups excluding carboxylic acids is 1. The Morgan fingerprint density at radius 3 is 2.85 bits per heavy atom. The lowest BCUT2D eigenvalue weighted by Gasteiger charge is -2.32. The normalized spacial score (nSPS) is 17.8. The first-order chi connectivity index (χ1) is 12.6.